The van der Waals surface area contributed by atoms with Gasteiger partial charge in [-0.25, -0.2) is 0 Å². The Balaban J connectivity index is 1.77. The molecule has 1 saturated heterocycles. The van der Waals surface area contributed by atoms with Crippen molar-refractivity contribution in [3.8, 4) is 17.2 Å². The summed E-state index contributed by atoms with van der Waals surface area (Å²) in [5, 5.41) is 11.3. The number of amides is 1. The normalized spacial score (nSPS) is 16.9. The Kier molecular flexibility index (Phi) is 8.25. The van der Waals surface area contributed by atoms with Crippen molar-refractivity contribution in [2.45, 2.75) is 32.9 Å². The molecule has 0 radical (unpaired) electrons. The van der Waals surface area contributed by atoms with E-state index in [0.29, 0.717) is 35.0 Å². The van der Waals surface area contributed by atoms with Gasteiger partial charge in [0.15, 0.2) is 0 Å². The van der Waals surface area contributed by atoms with Gasteiger partial charge >= 0.3 is 0 Å². The highest BCUT2D eigenvalue weighted by atomic mass is 16.5. The largest absolute Gasteiger partial charge is 0.507 e. The first kappa shape index (κ1) is 26.0. The van der Waals surface area contributed by atoms with Crippen molar-refractivity contribution in [3.05, 3.63) is 95.6 Å². The molecule has 1 N–H and O–H groups in total. The van der Waals surface area contributed by atoms with Crippen molar-refractivity contribution in [3.63, 3.8) is 0 Å². The number of Topliss-reactive ketones (excluding diaryl/α,β-unsaturated/α-hetero) is 1. The third-order valence-corrected chi connectivity index (χ3v) is 5.89. The number of aliphatic hydroxyl groups excluding tert-OH is 1. The molecule has 0 bridgehead atoms. The van der Waals surface area contributed by atoms with Crippen LogP contribution in [0.5, 0.6) is 17.2 Å². The number of benzene rings is 3. The van der Waals surface area contributed by atoms with Crippen LogP contribution >= 0.6 is 0 Å². The number of likely N-dealkylation sites (tertiary alicyclic amines) is 1. The average molecular weight is 502 g/mol. The smallest absolute Gasteiger partial charge is 0.295 e. The van der Waals surface area contributed by atoms with Gasteiger partial charge < -0.3 is 24.2 Å². The van der Waals surface area contributed by atoms with Gasteiger partial charge in [-0.3, -0.25) is 9.59 Å². The highest BCUT2D eigenvalue weighted by Crippen LogP contribution is 2.40. The highest BCUT2D eigenvalue weighted by Gasteiger charge is 2.46. The van der Waals surface area contributed by atoms with Crippen LogP contribution in [0.15, 0.2) is 84.4 Å². The molecule has 7 nitrogen and oxygen atoms in total. The highest BCUT2D eigenvalue weighted by molar-refractivity contribution is 6.46. The van der Waals surface area contributed by atoms with Gasteiger partial charge in [0, 0.05) is 12.1 Å². The van der Waals surface area contributed by atoms with Gasteiger partial charge in [0.25, 0.3) is 11.7 Å². The van der Waals surface area contributed by atoms with E-state index in [4.69, 9.17) is 14.2 Å². The van der Waals surface area contributed by atoms with Gasteiger partial charge in [-0.2, -0.15) is 0 Å². The number of nitrogens with zero attached hydrogens (tertiary/aromatic N) is 1. The van der Waals surface area contributed by atoms with Crippen LogP contribution in [0.1, 0.15) is 37.9 Å². The lowest BCUT2D eigenvalue weighted by atomic mass is 9.95. The molecule has 1 aliphatic heterocycles. The molecular weight excluding hydrogens is 470 g/mol. The summed E-state index contributed by atoms with van der Waals surface area (Å²) in [6.07, 6.45) is -0.0285. The third-order valence-electron chi connectivity index (χ3n) is 5.89. The molecule has 3 aromatic carbocycles. The van der Waals surface area contributed by atoms with Gasteiger partial charge in [0.2, 0.25) is 0 Å². The summed E-state index contributed by atoms with van der Waals surface area (Å²) >= 11 is 0. The number of rotatable bonds is 10. The Hall–Kier alpha value is -4.10. The fourth-order valence-corrected chi connectivity index (χ4v) is 4.27. The zero-order chi connectivity index (χ0) is 26.4. The first-order valence-electron chi connectivity index (χ1n) is 12.3. The lowest BCUT2D eigenvalue weighted by Gasteiger charge is -2.26. The summed E-state index contributed by atoms with van der Waals surface area (Å²) in [5.41, 5.74) is 1.05. The Morgan fingerprint density at radius 1 is 0.919 bits per heavy atom. The fourth-order valence-electron chi connectivity index (χ4n) is 4.27. The van der Waals surface area contributed by atoms with Crippen molar-refractivity contribution in [2.24, 2.45) is 0 Å². The SMILES string of the molecule is CCOc1cccc(/C(O)=C2/C(=O)C(=O)N(CCOC(C)C)C2c2cccc(Oc3ccccc3)c2)c1. The molecule has 0 aliphatic carbocycles. The van der Waals surface area contributed by atoms with E-state index in [0.717, 1.165) is 0 Å². The van der Waals surface area contributed by atoms with Crippen molar-refractivity contribution >= 4 is 17.4 Å². The molecule has 37 heavy (non-hydrogen) atoms. The maximum atomic E-state index is 13.3. The van der Waals surface area contributed by atoms with Gasteiger partial charge in [0.05, 0.1) is 30.9 Å². The molecule has 0 spiro atoms. The van der Waals surface area contributed by atoms with E-state index in [2.05, 4.69) is 0 Å². The summed E-state index contributed by atoms with van der Waals surface area (Å²) in [6, 6.07) is 22.5. The molecule has 1 amide bonds. The molecule has 4 rings (SSSR count). The number of carbonyl (C=O) groups is 2. The van der Waals surface area contributed by atoms with Crippen LogP contribution in [0, 0.1) is 0 Å². The summed E-state index contributed by atoms with van der Waals surface area (Å²) in [5.74, 6) is 0.0720. The summed E-state index contributed by atoms with van der Waals surface area (Å²) in [4.78, 5) is 27.9. The Morgan fingerprint density at radius 2 is 1.62 bits per heavy atom. The lowest BCUT2D eigenvalue weighted by Crippen LogP contribution is -2.33. The number of carbonyl (C=O) groups excluding carboxylic acids is 2. The number of ketones is 1. The fraction of sp³-hybridized carbons (Fsp3) is 0.267. The predicted octanol–water partition coefficient (Wildman–Crippen LogP) is 5.72. The Morgan fingerprint density at radius 3 is 2.35 bits per heavy atom. The molecule has 7 heteroatoms. The van der Waals surface area contributed by atoms with Crippen molar-refractivity contribution < 1.29 is 28.9 Å². The van der Waals surface area contributed by atoms with E-state index >= 15 is 0 Å². The monoisotopic (exact) mass is 501 g/mol. The van der Waals surface area contributed by atoms with Crippen molar-refractivity contribution in [1.82, 2.24) is 4.90 Å². The third kappa shape index (κ3) is 6.01. The summed E-state index contributed by atoms with van der Waals surface area (Å²) in [6.45, 7) is 6.57. The Labute approximate surface area is 216 Å². The van der Waals surface area contributed by atoms with Crippen LogP contribution in [0.25, 0.3) is 5.76 Å². The minimum absolute atomic E-state index is 0.0139. The average Bonchev–Trinajstić information content (AvgIpc) is 3.14. The molecule has 1 aliphatic rings. The molecule has 192 valence electrons. The van der Waals surface area contributed by atoms with Crippen LogP contribution < -0.4 is 9.47 Å². The van der Waals surface area contributed by atoms with Crippen LogP contribution in [0.4, 0.5) is 0 Å². The second-order valence-electron chi connectivity index (χ2n) is 8.86. The number of aliphatic hydroxyl groups is 1. The standard InChI is InChI=1S/C30H31NO6/c1-4-35-24-14-9-11-22(19-24)28(32)26-27(31(30(34)29(26)33)16-17-36-20(2)3)21-10-8-15-25(18-21)37-23-12-6-5-7-13-23/h5-15,18-20,27,32H,4,16-17H2,1-3H3/b28-26-. The molecule has 1 heterocycles. The quantitative estimate of drug-likeness (QED) is 0.217. The molecule has 3 aromatic rings. The zero-order valence-electron chi connectivity index (χ0n) is 21.2. The minimum atomic E-state index is -0.814. The van der Waals surface area contributed by atoms with Gasteiger partial charge in [-0.15, -0.1) is 0 Å². The Bertz CT molecular complexity index is 1280. The minimum Gasteiger partial charge on any atom is -0.507 e. The van der Waals surface area contributed by atoms with E-state index in [-0.39, 0.29) is 30.6 Å². The first-order valence-corrected chi connectivity index (χ1v) is 12.3. The van der Waals surface area contributed by atoms with Crippen molar-refractivity contribution in [1.29, 1.82) is 0 Å². The van der Waals surface area contributed by atoms with Crippen LogP contribution in [-0.2, 0) is 14.3 Å². The second-order valence-corrected chi connectivity index (χ2v) is 8.86. The van der Waals surface area contributed by atoms with Gasteiger partial charge in [0.1, 0.15) is 23.0 Å². The van der Waals surface area contributed by atoms with Crippen LogP contribution in [0.3, 0.4) is 0 Å². The maximum Gasteiger partial charge on any atom is 0.295 e. The lowest BCUT2D eigenvalue weighted by molar-refractivity contribution is -0.140. The van der Waals surface area contributed by atoms with Gasteiger partial charge in [-0.05, 0) is 62.7 Å². The van der Waals surface area contributed by atoms with E-state index in [1.54, 1.807) is 42.5 Å². The number of para-hydroxylation sites is 1. The summed E-state index contributed by atoms with van der Waals surface area (Å²) in [7, 11) is 0. The maximum absolute atomic E-state index is 13.3. The molecule has 0 aromatic heterocycles. The number of ether oxygens (including phenoxy) is 3. The predicted molar refractivity (Wildman–Crippen MR) is 141 cm³/mol. The first-order chi connectivity index (χ1) is 17.9. The molecule has 1 atom stereocenters. The molecule has 1 fully saturated rings. The van der Waals surface area contributed by atoms with E-state index < -0.39 is 17.7 Å². The van der Waals surface area contributed by atoms with E-state index in [9.17, 15) is 14.7 Å². The number of hydrogen-bond acceptors (Lipinski definition) is 6. The summed E-state index contributed by atoms with van der Waals surface area (Å²) < 4.78 is 17.2. The van der Waals surface area contributed by atoms with E-state index in [1.807, 2.05) is 57.2 Å². The molecule has 0 saturated carbocycles. The van der Waals surface area contributed by atoms with Crippen LogP contribution in [-0.4, -0.2) is 47.6 Å². The molecule has 1 unspecified atom stereocenters. The van der Waals surface area contributed by atoms with Crippen LogP contribution in [0.2, 0.25) is 0 Å². The molecular formula is C30H31NO6. The van der Waals surface area contributed by atoms with Gasteiger partial charge in [-0.1, -0.05) is 42.5 Å². The van der Waals surface area contributed by atoms with E-state index in [1.165, 1.54) is 4.90 Å². The number of hydrogen-bond donors (Lipinski definition) is 1. The van der Waals surface area contributed by atoms with Crippen molar-refractivity contribution in [2.75, 3.05) is 19.8 Å². The second kappa shape index (κ2) is 11.8. The topological polar surface area (TPSA) is 85.3 Å². The zero-order valence-corrected chi connectivity index (χ0v) is 21.2.